The van der Waals surface area contributed by atoms with Crippen molar-refractivity contribution in [2.24, 2.45) is 0 Å². The highest BCUT2D eigenvalue weighted by Crippen LogP contribution is 2.19. The molecule has 96 valence electrons. The molecule has 1 rings (SSSR count). The van der Waals surface area contributed by atoms with E-state index in [9.17, 15) is 5.11 Å². The summed E-state index contributed by atoms with van der Waals surface area (Å²) in [6, 6.07) is 9.17. The van der Waals surface area contributed by atoms with Crippen molar-refractivity contribution in [3.05, 3.63) is 29.8 Å². The Kier molecular flexibility index (Phi) is 6.63. The molecule has 0 saturated carbocycles. The van der Waals surface area contributed by atoms with E-state index in [2.05, 4.69) is 43.4 Å². The first kappa shape index (κ1) is 14.6. The minimum atomic E-state index is -0.197. The van der Waals surface area contributed by atoms with Crippen LogP contribution in [0.2, 0.25) is 0 Å². The number of benzene rings is 1. The van der Waals surface area contributed by atoms with Crippen LogP contribution in [-0.4, -0.2) is 23.0 Å². The predicted octanol–water partition coefficient (Wildman–Crippen LogP) is 3.05. The molecule has 0 heterocycles. The maximum Gasteiger partial charge on any atom is 0.0520 e. The Labute approximate surface area is 109 Å². The summed E-state index contributed by atoms with van der Waals surface area (Å²) in [7, 11) is 0. The molecule has 0 saturated heterocycles. The van der Waals surface area contributed by atoms with Crippen molar-refractivity contribution in [1.29, 1.82) is 0 Å². The molecule has 0 aliphatic heterocycles. The van der Waals surface area contributed by atoms with Crippen molar-refractivity contribution in [2.75, 3.05) is 5.75 Å². The van der Waals surface area contributed by atoms with E-state index in [-0.39, 0.29) is 6.10 Å². The summed E-state index contributed by atoms with van der Waals surface area (Å²) in [6.45, 7) is 7.07. The third-order valence-electron chi connectivity index (χ3n) is 2.44. The van der Waals surface area contributed by atoms with Crippen molar-refractivity contribution < 1.29 is 5.11 Å². The van der Waals surface area contributed by atoms with E-state index in [0.717, 1.165) is 18.7 Å². The maximum absolute atomic E-state index is 9.17. The SMILES string of the molecule is CC(O)CCSc1ccc(CNC(C)C)cc1. The zero-order chi connectivity index (χ0) is 12.7. The topological polar surface area (TPSA) is 32.3 Å². The lowest BCUT2D eigenvalue weighted by Crippen LogP contribution is -2.21. The predicted molar refractivity (Wildman–Crippen MR) is 75.4 cm³/mol. The third-order valence-corrected chi connectivity index (χ3v) is 3.49. The normalized spacial score (nSPS) is 13.0. The maximum atomic E-state index is 9.17. The van der Waals surface area contributed by atoms with Gasteiger partial charge in [0.25, 0.3) is 0 Å². The van der Waals surface area contributed by atoms with Gasteiger partial charge in [0.15, 0.2) is 0 Å². The van der Waals surface area contributed by atoms with E-state index in [1.807, 2.05) is 6.92 Å². The zero-order valence-corrected chi connectivity index (χ0v) is 11.8. The number of hydrogen-bond donors (Lipinski definition) is 2. The van der Waals surface area contributed by atoms with Gasteiger partial charge in [0.05, 0.1) is 6.10 Å². The molecule has 0 radical (unpaired) electrons. The summed E-state index contributed by atoms with van der Waals surface area (Å²) in [4.78, 5) is 1.28. The quantitative estimate of drug-likeness (QED) is 0.733. The first-order valence-electron chi connectivity index (χ1n) is 6.21. The van der Waals surface area contributed by atoms with Gasteiger partial charge in [-0.15, -0.1) is 11.8 Å². The van der Waals surface area contributed by atoms with Gasteiger partial charge in [-0.2, -0.15) is 0 Å². The molecule has 1 aromatic carbocycles. The molecule has 0 spiro atoms. The van der Waals surface area contributed by atoms with Gasteiger partial charge < -0.3 is 10.4 Å². The smallest absolute Gasteiger partial charge is 0.0520 e. The zero-order valence-electron chi connectivity index (χ0n) is 10.9. The van der Waals surface area contributed by atoms with Crippen molar-refractivity contribution >= 4 is 11.8 Å². The van der Waals surface area contributed by atoms with E-state index in [1.165, 1.54) is 10.5 Å². The molecule has 1 atom stereocenters. The average molecular weight is 253 g/mol. The second-order valence-electron chi connectivity index (χ2n) is 4.67. The van der Waals surface area contributed by atoms with E-state index in [4.69, 9.17) is 0 Å². The van der Waals surface area contributed by atoms with Crippen LogP contribution in [0.15, 0.2) is 29.2 Å². The number of aliphatic hydroxyl groups excluding tert-OH is 1. The Morgan fingerprint density at radius 2 is 1.82 bits per heavy atom. The minimum Gasteiger partial charge on any atom is -0.393 e. The van der Waals surface area contributed by atoms with Crippen LogP contribution in [0.4, 0.5) is 0 Å². The molecule has 1 unspecified atom stereocenters. The first-order chi connectivity index (χ1) is 8.08. The Morgan fingerprint density at radius 3 is 2.35 bits per heavy atom. The molecular weight excluding hydrogens is 230 g/mol. The molecule has 3 heteroatoms. The number of rotatable bonds is 7. The van der Waals surface area contributed by atoms with Gasteiger partial charge in [-0.25, -0.2) is 0 Å². The van der Waals surface area contributed by atoms with E-state index >= 15 is 0 Å². The number of hydrogen-bond acceptors (Lipinski definition) is 3. The summed E-state index contributed by atoms with van der Waals surface area (Å²) in [5.41, 5.74) is 1.32. The Bertz CT molecular complexity index is 309. The Morgan fingerprint density at radius 1 is 1.18 bits per heavy atom. The fourth-order valence-electron chi connectivity index (χ4n) is 1.37. The van der Waals surface area contributed by atoms with Gasteiger partial charge in [0.1, 0.15) is 0 Å². The van der Waals surface area contributed by atoms with Crippen LogP contribution < -0.4 is 5.32 Å². The molecular formula is C14H23NOS. The van der Waals surface area contributed by atoms with E-state index in [1.54, 1.807) is 11.8 Å². The van der Waals surface area contributed by atoms with Gasteiger partial charge in [0.2, 0.25) is 0 Å². The van der Waals surface area contributed by atoms with E-state index in [0.29, 0.717) is 6.04 Å². The second kappa shape index (κ2) is 7.75. The van der Waals surface area contributed by atoms with Crippen LogP contribution in [0.5, 0.6) is 0 Å². The first-order valence-corrected chi connectivity index (χ1v) is 7.19. The lowest BCUT2D eigenvalue weighted by Gasteiger charge is -2.09. The van der Waals surface area contributed by atoms with Gasteiger partial charge >= 0.3 is 0 Å². The highest BCUT2D eigenvalue weighted by molar-refractivity contribution is 7.99. The summed E-state index contributed by atoms with van der Waals surface area (Å²) in [5.74, 6) is 0.973. The molecule has 17 heavy (non-hydrogen) atoms. The van der Waals surface area contributed by atoms with Crippen LogP contribution in [0.3, 0.4) is 0 Å². The molecule has 0 aliphatic rings. The molecule has 0 aromatic heterocycles. The standard InChI is InChI=1S/C14H23NOS/c1-11(2)15-10-13-4-6-14(7-5-13)17-9-8-12(3)16/h4-7,11-12,15-16H,8-10H2,1-3H3. The highest BCUT2D eigenvalue weighted by atomic mass is 32.2. The van der Waals surface area contributed by atoms with Crippen LogP contribution in [0.1, 0.15) is 32.8 Å². The van der Waals surface area contributed by atoms with Crippen LogP contribution in [0, 0.1) is 0 Å². The molecule has 0 aliphatic carbocycles. The Balaban J connectivity index is 2.34. The lowest BCUT2D eigenvalue weighted by molar-refractivity contribution is 0.192. The monoisotopic (exact) mass is 253 g/mol. The summed E-state index contributed by atoms with van der Waals surface area (Å²) in [6.07, 6.45) is 0.651. The van der Waals surface area contributed by atoms with Gasteiger partial charge in [0, 0.05) is 23.2 Å². The number of aliphatic hydroxyl groups is 1. The number of thioether (sulfide) groups is 1. The van der Waals surface area contributed by atoms with Crippen LogP contribution in [-0.2, 0) is 6.54 Å². The van der Waals surface area contributed by atoms with Gasteiger partial charge in [-0.3, -0.25) is 0 Å². The second-order valence-corrected chi connectivity index (χ2v) is 5.83. The van der Waals surface area contributed by atoms with Crippen molar-refractivity contribution in [3.8, 4) is 0 Å². The summed E-state index contributed by atoms with van der Waals surface area (Å²) >= 11 is 1.80. The van der Waals surface area contributed by atoms with Gasteiger partial charge in [-0.05, 0) is 31.0 Å². The molecule has 0 bridgehead atoms. The lowest BCUT2D eigenvalue weighted by atomic mass is 10.2. The van der Waals surface area contributed by atoms with Gasteiger partial charge in [-0.1, -0.05) is 26.0 Å². The summed E-state index contributed by atoms with van der Waals surface area (Å²) < 4.78 is 0. The molecule has 2 nitrogen and oxygen atoms in total. The van der Waals surface area contributed by atoms with Crippen molar-refractivity contribution in [2.45, 2.75) is 50.8 Å². The van der Waals surface area contributed by atoms with Crippen molar-refractivity contribution in [3.63, 3.8) is 0 Å². The van der Waals surface area contributed by atoms with Crippen molar-refractivity contribution in [1.82, 2.24) is 5.32 Å². The Hall–Kier alpha value is -0.510. The molecule has 1 aromatic rings. The minimum absolute atomic E-state index is 0.197. The fraction of sp³-hybridized carbons (Fsp3) is 0.571. The molecule has 0 fully saturated rings. The highest BCUT2D eigenvalue weighted by Gasteiger charge is 1.99. The largest absolute Gasteiger partial charge is 0.393 e. The number of nitrogens with one attached hydrogen (secondary N) is 1. The average Bonchev–Trinajstić information content (AvgIpc) is 2.27. The van der Waals surface area contributed by atoms with Crippen LogP contribution in [0.25, 0.3) is 0 Å². The molecule has 2 N–H and O–H groups in total. The fourth-order valence-corrected chi connectivity index (χ4v) is 2.40. The van der Waals surface area contributed by atoms with E-state index < -0.39 is 0 Å². The van der Waals surface area contributed by atoms with Crippen LogP contribution >= 0.6 is 11.8 Å². The summed E-state index contributed by atoms with van der Waals surface area (Å²) in [5, 5.41) is 12.6. The molecule has 0 amide bonds. The third kappa shape index (κ3) is 6.71.